The summed E-state index contributed by atoms with van der Waals surface area (Å²) in [6.07, 6.45) is 3.39. The fraction of sp³-hybridized carbons (Fsp3) is 0.480. The van der Waals surface area contributed by atoms with E-state index in [1.165, 1.54) is 18.5 Å². The van der Waals surface area contributed by atoms with E-state index in [-0.39, 0.29) is 18.5 Å². The van der Waals surface area contributed by atoms with Crippen LogP contribution in [0.4, 0.5) is 11.4 Å². The minimum Gasteiger partial charge on any atom is -0.490 e. The first-order valence-corrected chi connectivity index (χ1v) is 11.4. The minimum atomic E-state index is -0.0473. The van der Waals surface area contributed by atoms with Crippen molar-refractivity contribution in [1.82, 2.24) is 5.32 Å². The van der Waals surface area contributed by atoms with Gasteiger partial charge < -0.3 is 25.0 Å². The topological polar surface area (TPSA) is 62.8 Å². The van der Waals surface area contributed by atoms with Crippen LogP contribution in [-0.2, 0) is 4.79 Å². The molecule has 2 aromatic rings. The molecule has 6 nitrogen and oxygen atoms in total. The Morgan fingerprint density at radius 3 is 2.39 bits per heavy atom. The summed E-state index contributed by atoms with van der Waals surface area (Å²) >= 11 is 0. The molecule has 31 heavy (non-hydrogen) atoms. The van der Waals surface area contributed by atoms with Gasteiger partial charge in [0.15, 0.2) is 11.5 Å². The molecule has 0 aromatic heterocycles. The molecule has 2 N–H and O–H groups in total. The molecule has 0 spiro atoms. The highest BCUT2D eigenvalue weighted by Gasteiger charge is 2.20. The Hall–Kier alpha value is -2.73. The Labute approximate surface area is 184 Å². The maximum Gasteiger partial charge on any atom is 0.238 e. The Balaban J connectivity index is 1.35. The largest absolute Gasteiger partial charge is 0.490 e. The first-order valence-electron chi connectivity index (χ1n) is 11.4. The third kappa shape index (κ3) is 5.50. The first-order chi connectivity index (χ1) is 15.1. The standard InChI is InChI=1S/C25H33N3O3/c1-18(2)25(19-6-11-22-23(16-19)31-15-5-14-30-22)26-17-24(29)27-20-7-9-21(10-8-20)28-12-3-4-13-28/h6-11,16,18,25-26H,3-5,12-15,17H2,1-2H3,(H,27,29)/t25-/m1/s1. The zero-order valence-corrected chi connectivity index (χ0v) is 18.5. The molecular formula is C25H33N3O3. The smallest absolute Gasteiger partial charge is 0.238 e. The first kappa shape index (κ1) is 21.5. The molecular weight excluding hydrogens is 390 g/mol. The normalized spacial score (nSPS) is 16.8. The van der Waals surface area contributed by atoms with Gasteiger partial charge >= 0.3 is 0 Å². The van der Waals surface area contributed by atoms with E-state index in [0.29, 0.717) is 19.1 Å². The maximum absolute atomic E-state index is 12.6. The third-order valence-electron chi connectivity index (χ3n) is 5.90. The van der Waals surface area contributed by atoms with Gasteiger partial charge in [-0.2, -0.15) is 0 Å². The summed E-state index contributed by atoms with van der Waals surface area (Å²) in [6.45, 7) is 8.11. The van der Waals surface area contributed by atoms with E-state index in [1.54, 1.807) is 0 Å². The number of anilines is 2. The molecule has 0 unspecified atom stereocenters. The second kappa shape index (κ2) is 10.1. The Morgan fingerprint density at radius 1 is 0.968 bits per heavy atom. The van der Waals surface area contributed by atoms with Crippen molar-refractivity contribution in [2.75, 3.05) is 43.1 Å². The van der Waals surface area contributed by atoms with Crippen molar-refractivity contribution in [2.45, 2.75) is 39.2 Å². The predicted octanol–water partition coefficient (Wildman–Crippen LogP) is 4.37. The van der Waals surface area contributed by atoms with Gasteiger partial charge in [0, 0.05) is 36.9 Å². The number of benzene rings is 2. The third-order valence-corrected chi connectivity index (χ3v) is 5.90. The molecule has 1 saturated heterocycles. The summed E-state index contributed by atoms with van der Waals surface area (Å²) in [7, 11) is 0. The number of nitrogens with zero attached hydrogens (tertiary/aromatic N) is 1. The molecule has 2 aliphatic heterocycles. The van der Waals surface area contributed by atoms with Crippen LogP contribution in [0.15, 0.2) is 42.5 Å². The molecule has 1 amide bonds. The van der Waals surface area contributed by atoms with E-state index in [4.69, 9.17) is 9.47 Å². The number of carbonyl (C=O) groups is 1. The van der Waals surface area contributed by atoms with E-state index in [1.807, 2.05) is 24.3 Å². The quantitative estimate of drug-likeness (QED) is 0.692. The van der Waals surface area contributed by atoms with Crippen molar-refractivity contribution in [3.05, 3.63) is 48.0 Å². The Bertz CT molecular complexity index is 876. The van der Waals surface area contributed by atoms with E-state index >= 15 is 0 Å². The van der Waals surface area contributed by atoms with Gasteiger partial charge in [0.1, 0.15) is 0 Å². The molecule has 1 fully saturated rings. The number of nitrogens with one attached hydrogen (secondary N) is 2. The van der Waals surface area contributed by atoms with E-state index < -0.39 is 0 Å². The van der Waals surface area contributed by atoms with Crippen LogP contribution >= 0.6 is 0 Å². The Morgan fingerprint density at radius 2 is 1.68 bits per heavy atom. The highest BCUT2D eigenvalue weighted by molar-refractivity contribution is 5.92. The summed E-state index contributed by atoms with van der Waals surface area (Å²) < 4.78 is 11.6. The summed E-state index contributed by atoms with van der Waals surface area (Å²) in [5.41, 5.74) is 3.15. The van der Waals surface area contributed by atoms with Gasteiger partial charge in [0.25, 0.3) is 0 Å². The fourth-order valence-corrected chi connectivity index (χ4v) is 4.25. The van der Waals surface area contributed by atoms with Gasteiger partial charge in [-0.05, 0) is 60.7 Å². The van der Waals surface area contributed by atoms with Crippen molar-refractivity contribution >= 4 is 17.3 Å². The van der Waals surface area contributed by atoms with Crippen molar-refractivity contribution in [3.63, 3.8) is 0 Å². The van der Waals surface area contributed by atoms with Gasteiger partial charge in [0.05, 0.1) is 19.8 Å². The minimum absolute atomic E-state index is 0.0421. The van der Waals surface area contributed by atoms with E-state index in [2.05, 4.69) is 47.6 Å². The number of rotatable bonds is 7. The van der Waals surface area contributed by atoms with E-state index in [9.17, 15) is 4.79 Å². The van der Waals surface area contributed by atoms with Crippen molar-refractivity contribution in [2.24, 2.45) is 5.92 Å². The second-order valence-corrected chi connectivity index (χ2v) is 8.65. The van der Waals surface area contributed by atoms with Gasteiger partial charge in [-0.25, -0.2) is 0 Å². The lowest BCUT2D eigenvalue weighted by molar-refractivity contribution is -0.115. The molecule has 6 heteroatoms. The molecule has 0 bridgehead atoms. The summed E-state index contributed by atoms with van der Waals surface area (Å²) in [5, 5.41) is 6.42. The van der Waals surface area contributed by atoms with Crippen LogP contribution in [0.2, 0.25) is 0 Å². The summed E-state index contributed by atoms with van der Waals surface area (Å²) in [6, 6.07) is 14.2. The van der Waals surface area contributed by atoms with E-state index in [0.717, 1.165) is 42.3 Å². The number of fused-ring (bicyclic) bond motifs is 1. The second-order valence-electron chi connectivity index (χ2n) is 8.65. The lowest BCUT2D eigenvalue weighted by Gasteiger charge is -2.24. The van der Waals surface area contributed by atoms with Gasteiger partial charge in [-0.3, -0.25) is 4.79 Å². The number of ether oxygens (including phenoxy) is 2. The molecule has 2 heterocycles. The predicted molar refractivity (Wildman–Crippen MR) is 124 cm³/mol. The number of hydrogen-bond donors (Lipinski definition) is 2. The highest BCUT2D eigenvalue weighted by atomic mass is 16.5. The average Bonchev–Trinajstić information content (AvgIpc) is 3.20. The lowest BCUT2D eigenvalue weighted by Crippen LogP contribution is -2.33. The van der Waals surface area contributed by atoms with Gasteiger partial charge in [-0.15, -0.1) is 0 Å². The molecule has 0 aliphatic carbocycles. The summed E-state index contributed by atoms with van der Waals surface area (Å²) in [5.74, 6) is 1.84. The molecule has 2 aliphatic rings. The zero-order chi connectivity index (χ0) is 21.6. The van der Waals surface area contributed by atoms with Crippen LogP contribution in [0.25, 0.3) is 0 Å². The van der Waals surface area contributed by atoms with Crippen LogP contribution in [0.1, 0.15) is 44.7 Å². The van der Waals surface area contributed by atoms with Crippen LogP contribution in [0.3, 0.4) is 0 Å². The molecule has 4 rings (SSSR count). The van der Waals surface area contributed by atoms with Crippen molar-refractivity contribution in [1.29, 1.82) is 0 Å². The highest BCUT2D eigenvalue weighted by Crippen LogP contribution is 2.34. The van der Waals surface area contributed by atoms with Crippen LogP contribution in [-0.4, -0.2) is 38.8 Å². The van der Waals surface area contributed by atoms with Gasteiger partial charge in [0.2, 0.25) is 5.91 Å². The number of carbonyl (C=O) groups excluding carboxylic acids is 1. The molecule has 2 aromatic carbocycles. The monoisotopic (exact) mass is 423 g/mol. The van der Waals surface area contributed by atoms with Crippen LogP contribution < -0.4 is 25.0 Å². The lowest BCUT2D eigenvalue weighted by atomic mass is 9.95. The van der Waals surface area contributed by atoms with Crippen LogP contribution in [0.5, 0.6) is 11.5 Å². The van der Waals surface area contributed by atoms with Gasteiger partial charge in [-0.1, -0.05) is 19.9 Å². The number of hydrogen-bond acceptors (Lipinski definition) is 5. The average molecular weight is 424 g/mol. The van der Waals surface area contributed by atoms with Crippen LogP contribution in [0, 0.1) is 5.92 Å². The molecule has 1 atom stereocenters. The number of amides is 1. The van der Waals surface area contributed by atoms with Crippen molar-refractivity contribution < 1.29 is 14.3 Å². The zero-order valence-electron chi connectivity index (χ0n) is 18.5. The Kier molecular flexibility index (Phi) is 6.97. The maximum atomic E-state index is 12.6. The van der Waals surface area contributed by atoms with Crippen molar-refractivity contribution in [3.8, 4) is 11.5 Å². The SMILES string of the molecule is CC(C)[C@@H](NCC(=O)Nc1ccc(N2CCCC2)cc1)c1ccc2c(c1)OCCCO2. The summed E-state index contributed by atoms with van der Waals surface area (Å²) in [4.78, 5) is 14.9. The molecule has 0 saturated carbocycles. The molecule has 0 radical (unpaired) electrons. The molecule has 166 valence electrons. The fourth-order valence-electron chi connectivity index (χ4n) is 4.25.